The maximum atomic E-state index is 13.7. The molecule has 3 rings (SSSR count). The van der Waals surface area contributed by atoms with Crippen LogP contribution in [0.15, 0.2) is 40.8 Å². The molecule has 2 aromatic heterocycles. The summed E-state index contributed by atoms with van der Waals surface area (Å²) in [7, 11) is 1.71. The number of halogens is 1. The van der Waals surface area contributed by atoms with E-state index in [0.29, 0.717) is 16.8 Å². The van der Waals surface area contributed by atoms with Crippen LogP contribution >= 0.6 is 11.3 Å². The Bertz CT molecular complexity index is 806. The fourth-order valence-corrected chi connectivity index (χ4v) is 3.26. The molecule has 0 unspecified atom stereocenters. The number of nitrogens with zero attached hydrogens (tertiary/aromatic N) is 1. The Balaban J connectivity index is 1.84. The molecule has 0 aliphatic heterocycles. The van der Waals surface area contributed by atoms with E-state index in [-0.39, 0.29) is 11.7 Å². The number of hydrogen-bond donors (Lipinski definition) is 0. The highest BCUT2D eigenvalue weighted by Crippen LogP contribution is 2.28. The van der Waals surface area contributed by atoms with Gasteiger partial charge in [-0.15, -0.1) is 11.3 Å². The first-order chi connectivity index (χ1) is 10.0. The first-order valence-electron chi connectivity index (χ1n) is 6.53. The summed E-state index contributed by atoms with van der Waals surface area (Å²) >= 11 is 1.30. The van der Waals surface area contributed by atoms with Crippen LogP contribution in [0, 0.1) is 12.7 Å². The van der Waals surface area contributed by atoms with Crippen molar-refractivity contribution in [2.45, 2.75) is 13.5 Å². The van der Waals surface area contributed by atoms with Gasteiger partial charge >= 0.3 is 0 Å². The molecule has 0 aliphatic rings. The molecule has 108 valence electrons. The fourth-order valence-electron chi connectivity index (χ4n) is 2.19. The number of fused-ring (bicyclic) bond motifs is 1. The first kappa shape index (κ1) is 13.8. The summed E-state index contributed by atoms with van der Waals surface area (Å²) < 4.78 is 19.9. The van der Waals surface area contributed by atoms with E-state index in [2.05, 4.69) is 0 Å². The molecule has 0 bridgehead atoms. The minimum absolute atomic E-state index is 0.135. The molecule has 1 amide bonds. The van der Waals surface area contributed by atoms with Crippen LogP contribution in [0.3, 0.4) is 0 Å². The van der Waals surface area contributed by atoms with Gasteiger partial charge in [0.25, 0.3) is 5.91 Å². The second-order valence-corrected chi connectivity index (χ2v) is 6.02. The molecule has 21 heavy (non-hydrogen) atoms. The summed E-state index contributed by atoms with van der Waals surface area (Å²) in [5, 5.41) is 0.494. The average Bonchev–Trinajstić information content (AvgIpc) is 3.05. The number of amides is 1. The second-order valence-electron chi connectivity index (χ2n) is 4.94. The van der Waals surface area contributed by atoms with E-state index < -0.39 is 0 Å². The molecule has 3 aromatic rings. The molecule has 0 fully saturated rings. The Kier molecular flexibility index (Phi) is 3.51. The third-order valence-corrected chi connectivity index (χ3v) is 4.34. The SMILES string of the molecule is Cc1ccc(CN(C)C(=O)c2cc3c(F)cccc3s2)o1. The number of rotatable bonds is 3. The van der Waals surface area contributed by atoms with Crippen molar-refractivity contribution in [3.63, 3.8) is 0 Å². The number of furan rings is 1. The summed E-state index contributed by atoms with van der Waals surface area (Å²) in [6.45, 7) is 2.25. The number of benzene rings is 1. The number of carbonyl (C=O) groups is 1. The predicted molar refractivity (Wildman–Crippen MR) is 81.0 cm³/mol. The van der Waals surface area contributed by atoms with Crippen molar-refractivity contribution in [3.05, 3.63) is 58.6 Å². The van der Waals surface area contributed by atoms with Gasteiger partial charge < -0.3 is 9.32 Å². The minimum Gasteiger partial charge on any atom is -0.464 e. The molecule has 0 atom stereocenters. The van der Waals surface area contributed by atoms with Crippen molar-refractivity contribution in [1.82, 2.24) is 4.90 Å². The third-order valence-electron chi connectivity index (χ3n) is 3.25. The van der Waals surface area contributed by atoms with E-state index >= 15 is 0 Å². The van der Waals surface area contributed by atoms with E-state index in [0.717, 1.165) is 16.2 Å². The van der Waals surface area contributed by atoms with Crippen molar-refractivity contribution in [1.29, 1.82) is 0 Å². The van der Waals surface area contributed by atoms with E-state index in [1.807, 2.05) is 25.1 Å². The zero-order valence-corrected chi connectivity index (χ0v) is 12.5. The molecule has 3 nitrogen and oxygen atoms in total. The highest BCUT2D eigenvalue weighted by atomic mass is 32.1. The quantitative estimate of drug-likeness (QED) is 0.726. The first-order valence-corrected chi connectivity index (χ1v) is 7.35. The van der Waals surface area contributed by atoms with Gasteiger partial charge in [-0.3, -0.25) is 4.79 Å². The van der Waals surface area contributed by atoms with Crippen molar-refractivity contribution in [2.24, 2.45) is 0 Å². The molecule has 0 saturated heterocycles. The van der Waals surface area contributed by atoms with Gasteiger partial charge in [0.15, 0.2) is 0 Å². The van der Waals surface area contributed by atoms with Crippen molar-refractivity contribution < 1.29 is 13.6 Å². The number of carbonyl (C=O) groups excluding carboxylic acids is 1. The molecule has 5 heteroatoms. The highest BCUT2D eigenvalue weighted by molar-refractivity contribution is 7.20. The second kappa shape index (κ2) is 5.33. The Morgan fingerprint density at radius 3 is 2.81 bits per heavy atom. The van der Waals surface area contributed by atoms with Crippen LogP contribution in [-0.2, 0) is 6.54 Å². The normalized spacial score (nSPS) is 11.0. The Hall–Kier alpha value is -2.14. The van der Waals surface area contributed by atoms with Crippen LogP contribution in [0.1, 0.15) is 21.2 Å². The zero-order chi connectivity index (χ0) is 15.0. The lowest BCUT2D eigenvalue weighted by atomic mass is 10.2. The van der Waals surface area contributed by atoms with Crippen molar-refractivity contribution in [3.8, 4) is 0 Å². The Morgan fingerprint density at radius 2 is 2.14 bits per heavy atom. The summed E-state index contributed by atoms with van der Waals surface area (Å²) in [5.74, 6) is 1.11. The van der Waals surface area contributed by atoms with Crippen LogP contribution in [0.25, 0.3) is 10.1 Å². The molecule has 0 spiro atoms. The highest BCUT2D eigenvalue weighted by Gasteiger charge is 2.17. The molecule has 0 radical (unpaired) electrons. The maximum absolute atomic E-state index is 13.7. The summed E-state index contributed by atoms with van der Waals surface area (Å²) in [4.78, 5) is 14.5. The van der Waals surface area contributed by atoms with Gasteiger partial charge in [-0.1, -0.05) is 6.07 Å². The molecule has 0 N–H and O–H groups in total. The van der Waals surface area contributed by atoms with Gasteiger partial charge in [0.05, 0.1) is 11.4 Å². The minimum atomic E-state index is -0.299. The number of hydrogen-bond acceptors (Lipinski definition) is 3. The molecular weight excluding hydrogens is 289 g/mol. The smallest absolute Gasteiger partial charge is 0.264 e. The lowest BCUT2D eigenvalue weighted by Crippen LogP contribution is -2.25. The van der Waals surface area contributed by atoms with Gasteiger partial charge in [0.1, 0.15) is 17.3 Å². The topological polar surface area (TPSA) is 33.5 Å². The van der Waals surface area contributed by atoms with Crippen LogP contribution in [0.4, 0.5) is 4.39 Å². The van der Waals surface area contributed by atoms with Gasteiger partial charge in [-0.25, -0.2) is 4.39 Å². The average molecular weight is 303 g/mol. The Morgan fingerprint density at radius 1 is 1.33 bits per heavy atom. The van der Waals surface area contributed by atoms with E-state index in [1.54, 1.807) is 24.1 Å². The molecule has 2 heterocycles. The van der Waals surface area contributed by atoms with E-state index in [9.17, 15) is 9.18 Å². The number of aryl methyl sites for hydroxylation is 1. The van der Waals surface area contributed by atoms with Crippen LogP contribution in [-0.4, -0.2) is 17.9 Å². The summed E-state index contributed by atoms with van der Waals surface area (Å²) in [6.07, 6.45) is 0. The van der Waals surface area contributed by atoms with Gasteiger partial charge in [0.2, 0.25) is 0 Å². The van der Waals surface area contributed by atoms with Crippen molar-refractivity contribution in [2.75, 3.05) is 7.05 Å². The van der Waals surface area contributed by atoms with Crippen LogP contribution in [0.5, 0.6) is 0 Å². The fraction of sp³-hybridized carbons (Fsp3) is 0.188. The van der Waals surface area contributed by atoms with Crippen LogP contribution < -0.4 is 0 Å². The lowest BCUT2D eigenvalue weighted by Gasteiger charge is -2.14. The van der Waals surface area contributed by atoms with Gasteiger partial charge in [-0.2, -0.15) is 0 Å². The van der Waals surface area contributed by atoms with Gasteiger partial charge in [-0.05, 0) is 37.3 Å². The van der Waals surface area contributed by atoms with E-state index in [4.69, 9.17) is 4.42 Å². The predicted octanol–water partition coefficient (Wildman–Crippen LogP) is 4.21. The molecule has 1 aromatic carbocycles. The van der Waals surface area contributed by atoms with E-state index in [1.165, 1.54) is 17.4 Å². The van der Waals surface area contributed by atoms with Gasteiger partial charge in [0, 0.05) is 17.1 Å². The summed E-state index contributed by atoms with van der Waals surface area (Å²) in [5.41, 5.74) is 0. The largest absolute Gasteiger partial charge is 0.464 e. The maximum Gasteiger partial charge on any atom is 0.264 e. The van der Waals surface area contributed by atoms with Crippen LogP contribution in [0.2, 0.25) is 0 Å². The standard InChI is InChI=1S/C16H14FNO2S/c1-10-6-7-11(20-10)9-18(2)16(19)15-8-12-13(17)4-3-5-14(12)21-15/h3-8H,9H2,1-2H3. The monoisotopic (exact) mass is 303 g/mol. The molecular formula is C16H14FNO2S. The zero-order valence-electron chi connectivity index (χ0n) is 11.7. The molecule has 0 saturated carbocycles. The Labute approximate surface area is 125 Å². The summed E-state index contributed by atoms with van der Waals surface area (Å²) in [6, 6.07) is 10.2. The third kappa shape index (κ3) is 2.69. The number of thiophene rings is 1. The molecule has 0 aliphatic carbocycles. The lowest BCUT2D eigenvalue weighted by molar-refractivity contribution is 0.0780. The van der Waals surface area contributed by atoms with Crippen molar-refractivity contribution >= 4 is 27.3 Å².